The fourth-order valence-corrected chi connectivity index (χ4v) is 3.83. The molecule has 0 bridgehead atoms. The normalized spacial score (nSPS) is 10.5. The first kappa shape index (κ1) is 21.6. The van der Waals surface area contributed by atoms with Crippen LogP contribution in [0.5, 0.6) is 17.2 Å². The number of hydrogen-bond acceptors (Lipinski definition) is 10. The number of carbonyl (C=O) groups is 1. The highest BCUT2D eigenvalue weighted by Gasteiger charge is 2.20. The van der Waals surface area contributed by atoms with Crippen molar-refractivity contribution in [1.82, 2.24) is 25.0 Å². The molecule has 0 atom stereocenters. The van der Waals surface area contributed by atoms with Crippen LogP contribution in [0.1, 0.15) is 0 Å². The minimum atomic E-state index is -0.209. The van der Waals surface area contributed by atoms with Crippen LogP contribution >= 0.6 is 23.1 Å². The molecule has 0 saturated heterocycles. The first-order chi connectivity index (χ1) is 14.6. The van der Waals surface area contributed by atoms with E-state index in [0.29, 0.717) is 39.9 Å². The fraction of sp³-hybridized carbons (Fsp3) is 0.278. The molecule has 1 amide bonds. The molecule has 10 nitrogen and oxygen atoms in total. The standard InChI is InChI=1S/C18H20N6O4S2/c1-5-6-24-16(11-7-12(26-2)15(28-4)13(8-11)27-3)21-23-18(24)29-9-14(25)20-17-22-19-10-30-17/h5,7-8,10H,1,6,9H2,2-4H3,(H,20,22,25). The molecule has 3 rings (SSSR count). The molecule has 158 valence electrons. The number of carbonyl (C=O) groups excluding carboxylic acids is 1. The van der Waals surface area contributed by atoms with Crippen LogP contribution in [-0.4, -0.2) is 58.0 Å². The van der Waals surface area contributed by atoms with Gasteiger partial charge in [0, 0.05) is 12.1 Å². The third-order valence-corrected chi connectivity index (χ3v) is 5.46. The molecule has 2 aromatic heterocycles. The maximum atomic E-state index is 12.1. The van der Waals surface area contributed by atoms with E-state index >= 15 is 0 Å². The zero-order valence-corrected chi connectivity index (χ0v) is 18.2. The second kappa shape index (κ2) is 10.1. The Morgan fingerprint density at radius 2 is 1.93 bits per heavy atom. The Morgan fingerprint density at radius 1 is 1.20 bits per heavy atom. The minimum Gasteiger partial charge on any atom is -0.493 e. The Balaban J connectivity index is 1.87. The predicted octanol–water partition coefficient (Wildman–Crippen LogP) is 2.74. The van der Waals surface area contributed by atoms with E-state index in [1.165, 1.54) is 23.1 Å². The van der Waals surface area contributed by atoms with Crippen molar-refractivity contribution in [1.29, 1.82) is 0 Å². The van der Waals surface area contributed by atoms with E-state index in [1.807, 2.05) is 4.57 Å². The first-order valence-corrected chi connectivity index (χ1v) is 10.5. The molecule has 2 heterocycles. The van der Waals surface area contributed by atoms with Gasteiger partial charge in [-0.3, -0.25) is 14.7 Å². The van der Waals surface area contributed by atoms with Crippen molar-refractivity contribution in [3.63, 3.8) is 0 Å². The zero-order valence-electron chi connectivity index (χ0n) is 16.6. The molecule has 3 aromatic rings. The lowest BCUT2D eigenvalue weighted by Gasteiger charge is -2.14. The van der Waals surface area contributed by atoms with Crippen molar-refractivity contribution in [3.8, 4) is 28.6 Å². The van der Waals surface area contributed by atoms with Gasteiger partial charge in [0.1, 0.15) is 5.51 Å². The number of aromatic nitrogens is 5. The number of ether oxygens (including phenoxy) is 3. The summed E-state index contributed by atoms with van der Waals surface area (Å²) in [5, 5.41) is 19.7. The van der Waals surface area contributed by atoms with E-state index in [2.05, 4.69) is 32.3 Å². The number of rotatable bonds is 10. The highest BCUT2D eigenvalue weighted by Crippen LogP contribution is 2.41. The molecule has 0 aliphatic heterocycles. The van der Waals surface area contributed by atoms with E-state index in [1.54, 1.807) is 45.0 Å². The van der Waals surface area contributed by atoms with Gasteiger partial charge in [0.15, 0.2) is 22.5 Å². The van der Waals surface area contributed by atoms with Crippen LogP contribution in [0.3, 0.4) is 0 Å². The number of hydrogen-bond donors (Lipinski definition) is 1. The highest BCUT2D eigenvalue weighted by molar-refractivity contribution is 7.99. The summed E-state index contributed by atoms with van der Waals surface area (Å²) >= 11 is 2.51. The van der Waals surface area contributed by atoms with Gasteiger partial charge < -0.3 is 14.2 Å². The lowest BCUT2D eigenvalue weighted by molar-refractivity contribution is -0.113. The summed E-state index contributed by atoms with van der Waals surface area (Å²) in [7, 11) is 4.64. The van der Waals surface area contributed by atoms with Gasteiger partial charge in [-0.25, -0.2) is 0 Å². The summed E-state index contributed by atoms with van der Waals surface area (Å²) in [5.41, 5.74) is 2.27. The van der Waals surface area contributed by atoms with Crippen LogP contribution in [0.4, 0.5) is 5.13 Å². The lowest BCUT2D eigenvalue weighted by Crippen LogP contribution is -2.14. The Morgan fingerprint density at radius 3 is 2.50 bits per heavy atom. The summed E-state index contributed by atoms with van der Waals surface area (Å²) in [5.74, 6) is 2.02. The second-order valence-electron chi connectivity index (χ2n) is 5.70. The number of nitrogens with zero attached hydrogens (tertiary/aromatic N) is 5. The van der Waals surface area contributed by atoms with Crippen molar-refractivity contribution in [2.24, 2.45) is 0 Å². The first-order valence-electron chi connectivity index (χ1n) is 8.64. The summed E-state index contributed by atoms with van der Waals surface area (Å²) in [6.07, 6.45) is 1.73. The van der Waals surface area contributed by atoms with Crippen molar-refractivity contribution in [3.05, 3.63) is 30.3 Å². The Kier molecular flexibility index (Phi) is 7.25. The number of nitrogens with one attached hydrogen (secondary N) is 1. The molecular weight excluding hydrogens is 428 g/mol. The lowest BCUT2D eigenvalue weighted by atomic mass is 10.1. The van der Waals surface area contributed by atoms with Gasteiger partial charge >= 0.3 is 0 Å². The van der Waals surface area contributed by atoms with Crippen molar-refractivity contribution < 1.29 is 19.0 Å². The molecule has 0 unspecified atom stereocenters. The van der Waals surface area contributed by atoms with Crippen LogP contribution in [0.15, 0.2) is 35.5 Å². The van der Waals surface area contributed by atoms with Gasteiger partial charge in [-0.1, -0.05) is 29.2 Å². The summed E-state index contributed by atoms with van der Waals surface area (Å²) < 4.78 is 18.1. The van der Waals surface area contributed by atoms with E-state index in [4.69, 9.17) is 14.2 Å². The molecule has 30 heavy (non-hydrogen) atoms. The maximum Gasteiger partial charge on any atom is 0.236 e. The molecule has 0 fully saturated rings. The van der Waals surface area contributed by atoms with Crippen LogP contribution < -0.4 is 19.5 Å². The molecule has 12 heteroatoms. The second-order valence-corrected chi connectivity index (χ2v) is 7.48. The van der Waals surface area contributed by atoms with Crippen LogP contribution in [0.25, 0.3) is 11.4 Å². The minimum absolute atomic E-state index is 0.143. The van der Waals surface area contributed by atoms with Gasteiger partial charge in [-0.05, 0) is 12.1 Å². The summed E-state index contributed by atoms with van der Waals surface area (Å²) in [4.78, 5) is 12.1. The van der Waals surface area contributed by atoms with Gasteiger partial charge in [0.05, 0.1) is 27.1 Å². The highest BCUT2D eigenvalue weighted by atomic mass is 32.2. The molecule has 0 aliphatic rings. The van der Waals surface area contributed by atoms with Gasteiger partial charge in [0.25, 0.3) is 0 Å². The van der Waals surface area contributed by atoms with E-state index in [-0.39, 0.29) is 11.7 Å². The van der Waals surface area contributed by atoms with Crippen LogP contribution in [-0.2, 0) is 11.3 Å². The Labute approximate surface area is 181 Å². The molecule has 0 saturated carbocycles. The number of anilines is 1. The Bertz CT molecular complexity index is 997. The molecule has 0 aliphatic carbocycles. The number of allylic oxidation sites excluding steroid dienone is 1. The predicted molar refractivity (Wildman–Crippen MR) is 115 cm³/mol. The largest absolute Gasteiger partial charge is 0.493 e. The third-order valence-electron chi connectivity index (χ3n) is 3.89. The molecule has 0 spiro atoms. The fourth-order valence-electron chi connectivity index (χ4n) is 2.63. The van der Waals surface area contributed by atoms with Gasteiger partial charge in [0.2, 0.25) is 16.8 Å². The quantitative estimate of drug-likeness (QED) is 0.369. The maximum absolute atomic E-state index is 12.1. The SMILES string of the molecule is C=CCn1c(SCC(=O)Nc2nncs2)nnc1-c1cc(OC)c(OC)c(OC)c1. The Hall–Kier alpha value is -3.12. The van der Waals surface area contributed by atoms with E-state index < -0.39 is 0 Å². The monoisotopic (exact) mass is 448 g/mol. The third kappa shape index (κ3) is 4.71. The average Bonchev–Trinajstić information content (AvgIpc) is 3.41. The van der Waals surface area contributed by atoms with Crippen molar-refractivity contribution >= 4 is 34.1 Å². The topological polar surface area (TPSA) is 113 Å². The van der Waals surface area contributed by atoms with E-state index in [9.17, 15) is 4.79 Å². The molecule has 1 aromatic carbocycles. The van der Waals surface area contributed by atoms with Crippen LogP contribution in [0.2, 0.25) is 0 Å². The van der Waals surface area contributed by atoms with Crippen LogP contribution in [0, 0.1) is 0 Å². The van der Waals surface area contributed by atoms with Crippen molar-refractivity contribution in [2.45, 2.75) is 11.7 Å². The molecule has 0 radical (unpaired) electrons. The van der Waals surface area contributed by atoms with Gasteiger partial charge in [-0.15, -0.1) is 27.0 Å². The van der Waals surface area contributed by atoms with Gasteiger partial charge in [-0.2, -0.15) is 0 Å². The smallest absolute Gasteiger partial charge is 0.236 e. The number of methoxy groups -OCH3 is 3. The van der Waals surface area contributed by atoms with E-state index in [0.717, 1.165) is 5.56 Å². The molecule has 1 N–H and O–H groups in total. The summed E-state index contributed by atoms with van der Waals surface area (Å²) in [6.45, 7) is 4.26. The van der Waals surface area contributed by atoms with Crippen molar-refractivity contribution in [2.75, 3.05) is 32.4 Å². The average molecular weight is 449 g/mol. The zero-order chi connectivity index (χ0) is 21.5. The number of amides is 1. The molecular formula is C18H20N6O4S2. The summed E-state index contributed by atoms with van der Waals surface area (Å²) in [6, 6.07) is 3.59. The number of thioether (sulfide) groups is 1. The number of benzene rings is 1.